The van der Waals surface area contributed by atoms with E-state index in [0.29, 0.717) is 55.5 Å². The van der Waals surface area contributed by atoms with E-state index in [1.807, 2.05) is 34.2 Å². The highest BCUT2D eigenvalue weighted by molar-refractivity contribution is 7.08. The molecule has 4 aliphatic heterocycles. The van der Waals surface area contributed by atoms with E-state index in [4.69, 9.17) is 17.3 Å². The molecule has 0 saturated carbocycles. The number of nitrogens with zero attached hydrogens (tertiary/aromatic N) is 3. The van der Waals surface area contributed by atoms with E-state index >= 15 is 0 Å². The van der Waals surface area contributed by atoms with E-state index in [1.54, 1.807) is 16.2 Å². The molecule has 10 nitrogen and oxygen atoms in total. The van der Waals surface area contributed by atoms with Crippen molar-refractivity contribution in [2.24, 2.45) is 11.8 Å². The Morgan fingerprint density at radius 2 is 1.70 bits per heavy atom. The summed E-state index contributed by atoms with van der Waals surface area (Å²) in [6, 6.07) is 2.89. The second-order valence-electron chi connectivity index (χ2n) is 13.4. The fourth-order valence-corrected chi connectivity index (χ4v) is 8.92. The van der Waals surface area contributed by atoms with Crippen LogP contribution in [-0.2, 0) is 24.1 Å². The van der Waals surface area contributed by atoms with Crippen molar-refractivity contribution in [2.45, 2.75) is 76.8 Å². The van der Waals surface area contributed by atoms with Crippen molar-refractivity contribution in [3.63, 3.8) is 0 Å². The molecule has 250 valence electrons. The maximum Gasteiger partial charge on any atom is 0.322 e. The first-order valence-electron chi connectivity index (χ1n) is 17.0. The summed E-state index contributed by atoms with van der Waals surface area (Å²) < 4.78 is 0. The highest BCUT2D eigenvalue weighted by Crippen LogP contribution is 2.32. The van der Waals surface area contributed by atoms with Gasteiger partial charge in [0.1, 0.15) is 6.04 Å². The van der Waals surface area contributed by atoms with Gasteiger partial charge in [0.15, 0.2) is 0 Å². The Morgan fingerprint density at radius 1 is 1.00 bits per heavy atom. The zero-order valence-corrected chi connectivity index (χ0v) is 28.4. The Hall–Kier alpha value is -3.02. The van der Waals surface area contributed by atoms with Crippen LogP contribution in [0.15, 0.2) is 22.9 Å². The van der Waals surface area contributed by atoms with Gasteiger partial charge in [-0.1, -0.05) is 24.6 Å². The number of piperidine rings is 3. The number of amides is 5. The highest BCUT2D eigenvalue weighted by Gasteiger charge is 2.35. The number of hydrogen-bond acceptors (Lipinski definition) is 6. The molecule has 0 spiro atoms. The second kappa shape index (κ2) is 14.8. The maximum atomic E-state index is 14.1. The molecule has 46 heavy (non-hydrogen) atoms. The number of halogens is 1. The molecule has 1 atom stereocenters. The van der Waals surface area contributed by atoms with Crippen molar-refractivity contribution in [3.05, 3.63) is 44.6 Å². The molecular formula is C34H48ClN7O3S. The second-order valence-corrected chi connectivity index (χ2v) is 14.5. The molecule has 1 aromatic heterocycles. The highest BCUT2D eigenvalue weighted by atomic mass is 35.5. The summed E-state index contributed by atoms with van der Waals surface area (Å²) >= 11 is 8.10. The lowest BCUT2D eigenvalue weighted by Crippen LogP contribution is -2.57. The number of fused-ring (bicyclic) bond motifs is 1. The van der Waals surface area contributed by atoms with Crippen molar-refractivity contribution >= 4 is 52.3 Å². The third kappa shape index (κ3) is 7.42. The molecule has 0 aliphatic carbocycles. The first-order chi connectivity index (χ1) is 22.3. The molecule has 3 saturated heterocycles. The SMILES string of the molecule is CCc1cc(C[C@@H](NC(=O)N2CCC(N3CCc4cscc4NC3=O)CC2)C(=O)N2CCC(C3CCNCC3)CC2)cc(Cl)c1N. The smallest absolute Gasteiger partial charge is 0.322 e. The van der Waals surface area contributed by atoms with Gasteiger partial charge in [-0.3, -0.25) is 4.79 Å². The average Bonchev–Trinajstić information content (AvgIpc) is 3.46. The lowest BCUT2D eigenvalue weighted by molar-refractivity contribution is -0.135. The number of urea groups is 2. The lowest BCUT2D eigenvalue weighted by Gasteiger charge is -2.40. The van der Waals surface area contributed by atoms with Crippen molar-refractivity contribution in [1.82, 2.24) is 25.3 Å². The van der Waals surface area contributed by atoms with Gasteiger partial charge in [-0.05, 0) is 104 Å². The van der Waals surface area contributed by atoms with Gasteiger partial charge in [0.2, 0.25) is 5.91 Å². The van der Waals surface area contributed by atoms with Gasteiger partial charge >= 0.3 is 12.1 Å². The minimum atomic E-state index is -0.708. The molecule has 5 heterocycles. The molecular weight excluding hydrogens is 622 g/mol. The monoisotopic (exact) mass is 669 g/mol. The van der Waals surface area contributed by atoms with E-state index in [-0.39, 0.29) is 24.0 Å². The zero-order chi connectivity index (χ0) is 32.2. The van der Waals surface area contributed by atoms with Crippen LogP contribution in [0.2, 0.25) is 5.02 Å². The number of likely N-dealkylation sites (tertiary alicyclic amines) is 2. The number of anilines is 2. The molecule has 4 aliphatic rings. The Kier molecular flexibility index (Phi) is 10.6. The largest absolute Gasteiger partial charge is 0.397 e. The predicted octanol–water partition coefficient (Wildman–Crippen LogP) is 4.96. The van der Waals surface area contributed by atoms with Crippen molar-refractivity contribution in [1.29, 1.82) is 0 Å². The summed E-state index contributed by atoms with van der Waals surface area (Å²) in [6.45, 7) is 7.36. The maximum absolute atomic E-state index is 14.1. The van der Waals surface area contributed by atoms with Gasteiger partial charge in [-0.25, -0.2) is 9.59 Å². The quantitative estimate of drug-likeness (QED) is 0.311. The summed E-state index contributed by atoms with van der Waals surface area (Å²) in [7, 11) is 0. The first-order valence-corrected chi connectivity index (χ1v) is 18.4. The Labute approximate surface area is 281 Å². The fourth-order valence-electron chi connectivity index (χ4n) is 7.84. The summed E-state index contributed by atoms with van der Waals surface area (Å²) in [4.78, 5) is 46.5. The van der Waals surface area contributed by atoms with Crippen LogP contribution in [0.4, 0.5) is 21.0 Å². The Balaban J connectivity index is 1.10. The van der Waals surface area contributed by atoms with E-state index < -0.39 is 6.04 Å². The summed E-state index contributed by atoms with van der Waals surface area (Å²) in [5.74, 6) is 1.35. The zero-order valence-electron chi connectivity index (χ0n) is 26.9. The number of carbonyl (C=O) groups excluding carboxylic acids is 3. The van der Waals surface area contributed by atoms with E-state index in [2.05, 4.69) is 21.3 Å². The minimum absolute atomic E-state index is 0.0356. The van der Waals surface area contributed by atoms with Gasteiger partial charge in [0.05, 0.1) is 16.4 Å². The Bertz CT molecular complexity index is 1400. The van der Waals surface area contributed by atoms with E-state index in [1.165, 1.54) is 18.4 Å². The number of carbonyl (C=O) groups is 3. The number of aryl methyl sites for hydroxylation is 1. The minimum Gasteiger partial charge on any atom is -0.397 e. The molecule has 5 N–H and O–H groups in total. The van der Waals surface area contributed by atoms with Gasteiger partial charge in [0.25, 0.3) is 0 Å². The van der Waals surface area contributed by atoms with Crippen molar-refractivity contribution < 1.29 is 14.4 Å². The fraction of sp³-hybridized carbons (Fsp3) is 0.618. The molecule has 0 bridgehead atoms. The van der Waals surface area contributed by atoms with Crippen LogP contribution >= 0.6 is 22.9 Å². The lowest BCUT2D eigenvalue weighted by atomic mass is 9.79. The number of nitrogen functional groups attached to an aromatic ring is 1. The number of rotatable bonds is 7. The first kappa shape index (κ1) is 32.9. The van der Waals surface area contributed by atoms with Crippen LogP contribution in [-0.4, -0.2) is 90.6 Å². The summed E-state index contributed by atoms with van der Waals surface area (Å²) in [6.07, 6.45) is 7.74. The van der Waals surface area contributed by atoms with Crippen LogP contribution in [0.3, 0.4) is 0 Å². The van der Waals surface area contributed by atoms with Crippen molar-refractivity contribution in [3.8, 4) is 0 Å². The summed E-state index contributed by atoms with van der Waals surface area (Å²) in [5, 5.41) is 14.2. The Morgan fingerprint density at radius 3 is 2.41 bits per heavy atom. The molecule has 0 radical (unpaired) electrons. The van der Waals surface area contributed by atoms with Crippen LogP contribution < -0.4 is 21.7 Å². The topological polar surface area (TPSA) is 123 Å². The van der Waals surface area contributed by atoms with Crippen LogP contribution in [0.25, 0.3) is 0 Å². The number of thiophene rings is 1. The molecule has 12 heteroatoms. The molecule has 6 rings (SSSR count). The van der Waals surface area contributed by atoms with Gasteiger partial charge in [-0.15, -0.1) is 11.3 Å². The van der Waals surface area contributed by atoms with Crippen LogP contribution in [0.1, 0.15) is 62.1 Å². The number of hydrogen-bond donors (Lipinski definition) is 4. The molecule has 2 aromatic rings. The number of nitrogens with one attached hydrogen (secondary N) is 3. The third-order valence-corrected chi connectivity index (χ3v) is 11.8. The molecule has 0 unspecified atom stereocenters. The predicted molar refractivity (Wildman–Crippen MR) is 185 cm³/mol. The molecule has 3 fully saturated rings. The van der Waals surface area contributed by atoms with Gasteiger partial charge in [-0.2, -0.15) is 0 Å². The van der Waals surface area contributed by atoms with E-state index in [9.17, 15) is 14.4 Å². The van der Waals surface area contributed by atoms with Crippen molar-refractivity contribution in [2.75, 3.05) is 56.9 Å². The van der Waals surface area contributed by atoms with Crippen LogP contribution in [0, 0.1) is 11.8 Å². The van der Waals surface area contributed by atoms with Crippen LogP contribution in [0.5, 0.6) is 0 Å². The normalized spacial score (nSPS) is 21.0. The average molecular weight is 670 g/mol. The molecule has 1 aromatic carbocycles. The molecule has 5 amide bonds. The van der Waals surface area contributed by atoms with Gasteiger partial charge in [0, 0.05) is 50.6 Å². The number of nitrogens with two attached hydrogens (primary N) is 1. The number of benzene rings is 1. The van der Waals surface area contributed by atoms with Gasteiger partial charge < -0.3 is 36.4 Å². The third-order valence-electron chi connectivity index (χ3n) is 10.7. The standard InChI is InChI=1S/C34H48ClN7O3S/c1-2-23-17-22(18-28(35)31(23)36)19-29(32(43)40-12-5-25(6-13-40)24-3-10-37-11-4-24)38-33(44)41-14-8-27(9-15-41)42-16-7-26-20-46-21-30(26)39-34(42)45/h17-18,20-21,24-25,27,29,37H,2-16,19,36H2,1H3,(H,38,44)(H,39,45)/t29-/m1/s1. The van der Waals surface area contributed by atoms with E-state index in [0.717, 1.165) is 74.6 Å². The summed E-state index contributed by atoms with van der Waals surface area (Å²) in [5.41, 5.74) is 10.7.